The van der Waals surface area contributed by atoms with Gasteiger partial charge in [-0.3, -0.25) is 10.1 Å². The molecule has 0 aromatic heterocycles. The monoisotopic (exact) mass is 355 g/mol. The zero-order valence-corrected chi connectivity index (χ0v) is 16.0. The van der Waals surface area contributed by atoms with Crippen LogP contribution in [0.3, 0.4) is 0 Å². The molecule has 0 aromatic rings. The van der Waals surface area contributed by atoms with Crippen molar-refractivity contribution in [1.82, 2.24) is 0 Å². The van der Waals surface area contributed by atoms with Crippen LogP contribution in [0.2, 0.25) is 0 Å². The summed E-state index contributed by atoms with van der Waals surface area (Å²) in [6.45, 7) is 2.25. The summed E-state index contributed by atoms with van der Waals surface area (Å²) in [6.07, 6.45) is 21.2. The zero-order chi connectivity index (χ0) is 18.8. The predicted molar refractivity (Wildman–Crippen MR) is 102 cm³/mol. The van der Waals surface area contributed by atoms with E-state index in [1.165, 1.54) is 51.4 Å². The molecular weight excluding hydrogens is 318 g/mol. The van der Waals surface area contributed by atoms with Crippen molar-refractivity contribution < 1.29 is 14.8 Å². The van der Waals surface area contributed by atoms with Crippen LogP contribution in [0.1, 0.15) is 103 Å². The summed E-state index contributed by atoms with van der Waals surface area (Å²) in [7, 11) is 0. The van der Waals surface area contributed by atoms with Gasteiger partial charge in [-0.2, -0.15) is 0 Å². The van der Waals surface area contributed by atoms with Gasteiger partial charge in [-0.15, -0.1) is 0 Å². The number of carboxylic acid groups (broad SMARTS) is 1. The second kappa shape index (κ2) is 17.4. The molecule has 5 nitrogen and oxygen atoms in total. The van der Waals surface area contributed by atoms with Crippen molar-refractivity contribution in [2.24, 2.45) is 0 Å². The number of nitrogens with zero attached hydrogens (tertiary/aromatic N) is 1. The molecule has 0 saturated carbocycles. The lowest BCUT2D eigenvalue weighted by Gasteiger charge is -2.04. The number of aliphatic carboxylic acids is 1. The Labute approximate surface area is 153 Å². The third kappa shape index (κ3) is 15.9. The number of nitro groups is 1. The van der Waals surface area contributed by atoms with Crippen LogP contribution < -0.4 is 0 Å². The summed E-state index contributed by atoms with van der Waals surface area (Å²) in [4.78, 5) is 20.5. The molecular formula is C20H37NO4. The Balaban J connectivity index is 3.33. The molecule has 0 rings (SSSR count). The highest BCUT2D eigenvalue weighted by molar-refractivity contribution is 5.71. The summed E-state index contributed by atoms with van der Waals surface area (Å²) in [6, 6.07) is -1.44. The van der Waals surface area contributed by atoms with E-state index in [0.29, 0.717) is 6.42 Å². The van der Waals surface area contributed by atoms with Crippen molar-refractivity contribution in [2.75, 3.05) is 0 Å². The fraction of sp³-hybridized carbons (Fsp3) is 0.850. The van der Waals surface area contributed by atoms with Gasteiger partial charge in [0.25, 0.3) is 0 Å². The molecule has 0 aliphatic rings. The largest absolute Gasteiger partial charge is 0.476 e. The molecule has 0 aromatic carbocycles. The van der Waals surface area contributed by atoms with Crippen LogP contribution >= 0.6 is 0 Å². The van der Waals surface area contributed by atoms with E-state index in [1.54, 1.807) is 0 Å². The van der Waals surface area contributed by atoms with Crippen molar-refractivity contribution in [2.45, 2.75) is 109 Å². The Morgan fingerprint density at radius 1 is 0.880 bits per heavy atom. The third-order valence-corrected chi connectivity index (χ3v) is 4.53. The molecule has 5 heteroatoms. The van der Waals surface area contributed by atoms with Gasteiger partial charge in [0, 0.05) is 11.3 Å². The first-order valence-electron chi connectivity index (χ1n) is 10.1. The van der Waals surface area contributed by atoms with E-state index in [1.807, 2.05) is 0 Å². The van der Waals surface area contributed by atoms with Gasteiger partial charge in [0.1, 0.15) is 0 Å². The van der Waals surface area contributed by atoms with Gasteiger partial charge in [-0.25, -0.2) is 4.79 Å². The maximum atomic E-state index is 10.7. The van der Waals surface area contributed by atoms with Gasteiger partial charge in [-0.05, 0) is 32.1 Å². The quantitative estimate of drug-likeness (QED) is 0.138. The second-order valence-corrected chi connectivity index (χ2v) is 6.87. The van der Waals surface area contributed by atoms with Crippen LogP contribution in [-0.2, 0) is 4.79 Å². The first kappa shape index (κ1) is 23.6. The first-order chi connectivity index (χ1) is 12.1. The van der Waals surface area contributed by atoms with Crippen LogP contribution in [0.4, 0.5) is 0 Å². The lowest BCUT2D eigenvalue weighted by molar-refractivity contribution is -0.511. The number of unbranched alkanes of at least 4 members (excludes halogenated alkanes) is 12. The third-order valence-electron chi connectivity index (χ3n) is 4.53. The molecule has 1 unspecified atom stereocenters. The fourth-order valence-electron chi connectivity index (χ4n) is 2.90. The number of rotatable bonds is 18. The van der Waals surface area contributed by atoms with E-state index in [4.69, 9.17) is 5.11 Å². The topological polar surface area (TPSA) is 80.4 Å². The average molecular weight is 356 g/mol. The minimum atomic E-state index is -1.44. The summed E-state index contributed by atoms with van der Waals surface area (Å²) < 4.78 is 0. The highest BCUT2D eigenvalue weighted by Crippen LogP contribution is 2.11. The maximum absolute atomic E-state index is 10.7. The molecule has 0 aliphatic carbocycles. The molecule has 1 atom stereocenters. The van der Waals surface area contributed by atoms with Gasteiger partial charge in [0.2, 0.25) is 0 Å². The van der Waals surface area contributed by atoms with Crippen LogP contribution in [0.15, 0.2) is 12.2 Å². The van der Waals surface area contributed by atoms with Crippen molar-refractivity contribution >= 4 is 5.97 Å². The maximum Gasteiger partial charge on any atom is 0.379 e. The number of carbonyl (C=O) groups is 1. The molecule has 0 radical (unpaired) electrons. The summed E-state index contributed by atoms with van der Waals surface area (Å²) >= 11 is 0. The van der Waals surface area contributed by atoms with E-state index < -0.39 is 16.9 Å². The molecule has 0 fully saturated rings. The molecule has 1 N–H and O–H groups in total. The van der Waals surface area contributed by atoms with Crippen molar-refractivity contribution in [3.05, 3.63) is 22.3 Å². The number of carboxylic acids is 1. The number of hydrogen-bond acceptors (Lipinski definition) is 3. The molecule has 0 saturated heterocycles. The Hall–Kier alpha value is -1.39. The van der Waals surface area contributed by atoms with Crippen molar-refractivity contribution in [1.29, 1.82) is 0 Å². The Morgan fingerprint density at radius 3 is 1.76 bits per heavy atom. The van der Waals surface area contributed by atoms with Crippen LogP contribution in [-0.4, -0.2) is 22.0 Å². The van der Waals surface area contributed by atoms with Gasteiger partial charge in [-0.1, -0.05) is 76.9 Å². The van der Waals surface area contributed by atoms with E-state index in [-0.39, 0.29) is 6.42 Å². The van der Waals surface area contributed by atoms with Crippen LogP contribution in [0.5, 0.6) is 0 Å². The number of allylic oxidation sites excluding steroid dienone is 2. The summed E-state index contributed by atoms with van der Waals surface area (Å²) in [5.74, 6) is -1.33. The molecule has 0 spiro atoms. The summed E-state index contributed by atoms with van der Waals surface area (Å²) in [5, 5.41) is 19.3. The number of hydrogen-bond donors (Lipinski definition) is 1. The molecule has 0 amide bonds. The molecule has 0 bridgehead atoms. The summed E-state index contributed by atoms with van der Waals surface area (Å²) in [5.41, 5.74) is 0. The minimum Gasteiger partial charge on any atom is -0.476 e. The minimum absolute atomic E-state index is 0.136. The lowest BCUT2D eigenvalue weighted by Crippen LogP contribution is -2.28. The predicted octanol–water partition coefficient (Wildman–Crippen LogP) is 6.14. The van der Waals surface area contributed by atoms with E-state index in [2.05, 4.69) is 19.1 Å². The van der Waals surface area contributed by atoms with Gasteiger partial charge < -0.3 is 5.11 Å². The van der Waals surface area contributed by atoms with Crippen molar-refractivity contribution in [3.63, 3.8) is 0 Å². The fourth-order valence-corrected chi connectivity index (χ4v) is 2.90. The van der Waals surface area contributed by atoms with Gasteiger partial charge in [0.05, 0.1) is 0 Å². The highest BCUT2D eigenvalue weighted by Gasteiger charge is 2.27. The normalized spacial score (nSPS) is 12.5. The Kier molecular flexibility index (Phi) is 16.5. The Morgan fingerprint density at radius 2 is 1.32 bits per heavy atom. The molecule has 0 aliphatic heterocycles. The first-order valence-corrected chi connectivity index (χ1v) is 10.1. The second-order valence-electron chi connectivity index (χ2n) is 6.87. The van der Waals surface area contributed by atoms with Gasteiger partial charge >= 0.3 is 12.0 Å². The van der Waals surface area contributed by atoms with E-state index in [0.717, 1.165) is 32.1 Å². The Bertz CT molecular complexity index is 355. The van der Waals surface area contributed by atoms with Gasteiger partial charge in [0.15, 0.2) is 0 Å². The smallest absolute Gasteiger partial charge is 0.379 e. The lowest BCUT2D eigenvalue weighted by atomic mass is 10.1. The SMILES string of the molecule is CCCCCCCCCCC=CCCCCCCC(C(=O)O)[N+](=O)[O-]. The average Bonchev–Trinajstić information content (AvgIpc) is 2.57. The highest BCUT2D eigenvalue weighted by atomic mass is 16.6. The zero-order valence-electron chi connectivity index (χ0n) is 16.0. The van der Waals surface area contributed by atoms with Crippen LogP contribution in [0, 0.1) is 10.1 Å². The van der Waals surface area contributed by atoms with E-state index in [9.17, 15) is 14.9 Å². The van der Waals surface area contributed by atoms with Crippen LogP contribution in [0.25, 0.3) is 0 Å². The standard InChI is InChI=1S/C20H37NO4/c1-2-3-4-5-6-7-8-9-10-11-12-13-14-15-16-17-18-19(20(22)23)21(24)25/h11-12,19H,2-10,13-18H2,1H3,(H,22,23). The van der Waals surface area contributed by atoms with Crippen molar-refractivity contribution in [3.8, 4) is 0 Å². The molecule has 25 heavy (non-hydrogen) atoms. The molecule has 0 heterocycles. The molecule has 146 valence electrons. The van der Waals surface area contributed by atoms with E-state index >= 15 is 0 Å².